The number of aromatic nitrogens is 1. The lowest BCUT2D eigenvalue weighted by Gasteiger charge is -2.11. The van der Waals surface area contributed by atoms with Crippen molar-refractivity contribution in [2.75, 3.05) is 13.2 Å². The summed E-state index contributed by atoms with van der Waals surface area (Å²) >= 11 is 16.0. The molecule has 8 heteroatoms. The van der Waals surface area contributed by atoms with E-state index in [1.807, 2.05) is 0 Å². The number of hydrogen-bond donors (Lipinski definition) is 0. The highest BCUT2D eigenvalue weighted by atomic mass is 79.9. The average Bonchev–Trinajstić information content (AvgIpc) is 2.93. The summed E-state index contributed by atoms with van der Waals surface area (Å²) in [6.45, 7) is 4.51. The van der Waals surface area contributed by atoms with Crippen molar-refractivity contribution in [1.29, 1.82) is 0 Å². The van der Waals surface area contributed by atoms with Gasteiger partial charge in [0.25, 0.3) is 0 Å². The van der Waals surface area contributed by atoms with Crippen LogP contribution in [0.4, 0.5) is 0 Å². The van der Waals surface area contributed by atoms with Gasteiger partial charge in [0, 0.05) is 22.8 Å². The summed E-state index contributed by atoms with van der Waals surface area (Å²) in [5.74, 6) is -0.726. The predicted molar refractivity (Wildman–Crippen MR) is 101 cm³/mol. The van der Waals surface area contributed by atoms with E-state index >= 15 is 0 Å². The molecule has 0 saturated carbocycles. The van der Waals surface area contributed by atoms with Crippen LogP contribution in [0.3, 0.4) is 0 Å². The van der Waals surface area contributed by atoms with Crippen molar-refractivity contribution < 1.29 is 19.1 Å². The summed E-state index contributed by atoms with van der Waals surface area (Å²) in [6, 6.07) is 3.40. The molecule has 0 amide bonds. The molecule has 25 heavy (non-hydrogen) atoms. The summed E-state index contributed by atoms with van der Waals surface area (Å²) in [6.07, 6.45) is 0.741. The number of esters is 2. The van der Waals surface area contributed by atoms with Crippen LogP contribution in [0.2, 0.25) is 10.0 Å². The molecule has 0 atom stereocenters. The van der Waals surface area contributed by atoms with Crippen LogP contribution in [0.5, 0.6) is 0 Å². The van der Waals surface area contributed by atoms with Crippen LogP contribution in [-0.2, 0) is 20.8 Å². The van der Waals surface area contributed by atoms with E-state index in [1.54, 1.807) is 30.5 Å². The van der Waals surface area contributed by atoms with E-state index in [1.165, 1.54) is 0 Å². The number of halogens is 3. The van der Waals surface area contributed by atoms with Crippen LogP contribution in [0, 0.1) is 0 Å². The van der Waals surface area contributed by atoms with Gasteiger partial charge in [0.1, 0.15) is 5.69 Å². The van der Waals surface area contributed by atoms with Crippen LogP contribution in [-0.4, -0.2) is 29.7 Å². The molecule has 1 aromatic carbocycles. The average molecular weight is 451 g/mol. The van der Waals surface area contributed by atoms with Crippen LogP contribution in [0.15, 0.2) is 16.6 Å². The molecule has 0 bridgehead atoms. The normalized spacial score (nSPS) is 10.9. The van der Waals surface area contributed by atoms with Crippen molar-refractivity contribution in [3.63, 3.8) is 0 Å². The summed E-state index contributed by atoms with van der Waals surface area (Å²) in [5, 5.41) is 1.49. The molecule has 0 fully saturated rings. The van der Waals surface area contributed by atoms with Crippen molar-refractivity contribution in [2.24, 2.45) is 0 Å². The molecular weight excluding hydrogens is 433 g/mol. The molecule has 0 aliphatic carbocycles. The number of carbonyl (C=O) groups is 2. The standard InChI is InChI=1S/C17H18BrCl2NO4/c1-3-24-14(22)6-5-7-21-13(17(23)25-4-2)8-10-11(18)9-12(19)15(20)16(10)21/h8-9H,3-7H2,1-2H3. The molecule has 1 heterocycles. The van der Waals surface area contributed by atoms with Gasteiger partial charge in [-0.1, -0.05) is 39.1 Å². The van der Waals surface area contributed by atoms with Gasteiger partial charge in [-0.2, -0.15) is 0 Å². The highest BCUT2D eigenvalue weighted by molar-refractivity contribution is 9.10. The molecule has 0 aliphatic rings. The Hall–Kier alpha value is -1.24. The minimum absolute atomic E-state index is 0.245. The second-order valence-electron chi connectivity index (χ2n) is 5.23. The second kappa shape index (κ2) is 8.92. The fourth-order valence-corrected chi connectivity index (χ4v) is 3.67. The lowest BCUT2D eigenvalue weighted by Crippen LogP contribution is -2.13. The molecular formula is C17H18BrCl2NO4. The third-order valence-electron chi connectivity index (χ3n) is 3.58. The molecule has 0 unspecified atom stereocenters. The topological polar surface area (TPSA) is 57.5 Å². The Morgan fingerprint density at radius 2 is 1.84 bits per heavy atom. The number of aryl methyl sites for hydroxylation is 1. The smallest absolute Gasteiger partial charge is 0.354 e. The van der Waals surface area contributed by atoms with Gasteiger partial charge in [0.15, 0.2) is 0 Å². The lowest BCUT2D eigenvalue weighted by atomic mass is 10.2. The third kappa shape index (κ3) is 4.49. The number of carbonyl (C=O) groups excluding carboxylic acids is 2. The maximum atomic E-state index is 12.3. The van der Waals surface area contributed by atoms with E-state index in [9.17, 15) is 9.59 Å². The van der Waals surface area contributed by atoms with Gasteiger partial charge < -0.3 is 14.0 Å². The van der Waals surface area contributed by atoms with Gasteiger partial charge in [-0.05, 0) is 32.4 Å². The van der Waals surface area contributed by atoms with Crippen molar-refractivity contribution in [3.05, 3.63) is 32.3 Å². The van der Waals surface area contributed by atoms with Gasteiger partial charge in [-0.3, -0.25) is 4.79 Å². The molecule has 2 rings (SSSR count). The molecule has 136 valence electrons. The van der Waals surface area contributed by atoms with Gasteiger partial charge in [-0.25, -0.2) is 4.79 Å². The Morgan fingerprint density at radius 1 is 1.16 bits per heavy atom. The highest BCUT2D eigenvalue weighted by Crippen LogP contribution is 2.38. The van der Waals surface area contributed by atoms with Crippen LogP contribution >= 0.6 is 39.1 Å². The van der Waals surface area contributed by atoms with E-state index < -0.39 is 5.97 Å². The van der Waals surface area contributed by atoms with Crippen molar-refractivity contribution in [3.8, 4) is 0 Å². The molecule has 0 N–H and O–H groups in total. The van der Waals surface area contributed by atoms with Crippen LogP contribution < -0.4 is 0 Å². The molecule has 0 spiro atoms. The molecule has 0 saturated heterocycles. The zero-order valence-electron chi connectivity index (χ0n) is 13.9. The number of nitrogens with zero attached hydrogens (tertiary/aromatic N) is 1. The van der Waals surface area contributed by atoms with Crippen LogP contribution in [0.25, 0.3) is 10.9 Å². The maximum Gasteiger partial charge on any atom is 0.354 e. The van der Waals surface area contributed by atoms with Gasteiger partial charge in [0.05, 0.1) is 28.8 Å². The first-order valence-corrected chi connectivity index (χ1v) is 9.45. The van der Waals surface area contributed by atoms with E-state index in [0.717, 1.165) is 9.86 Å². The minimum Gasteiger partial charge on any atom is -0.466 e. The molecule has 1 aromatic heterocycles. The van der Waals surface area contributed by atoms with Crippen molar-refractivity contribution in [2.45, 2.75) is 33.2 Å². The number of benzene rings is 1. The first kappa shape index (κ1) is 20.1. The summed E-state index contributed by atoms with van der Waals surface area (Å²) < 4.78 is 12.5. The second-order valence-corrected chi connectivity index (χ2v) is 6.87. The Balaban J connectivity index is 2.44. The Morgan fingerprint density at radius 3 is 2.48 bits per heavy atom. The monoisotopic (exact) mass is 449 g/mol. The van der Waals surface area contributed by atoms with Gasteiger partial charge >= 0.3 is 11.9 Å². The fraction of sp³-hybridized carbons (Fsp3) is 0.412. The Bertz CT molecular complexity index is 804. The van der Waals surface area contributed by atoms with Crippen molar-refractivity contribution in [1.82, 2.24) is 4.57 Å². The first-order chi connectivity index (χ1) is 11.9. The number of ether oxygens (including phenoxy) is 2. The summed E-state index contributed by atoms with van der Waals surface area (Å²) in [5.41, 5.74) is 0.999. The molecule has 5 nitrogen and oxygen atoms in total. The van der Waals surface area contributed by atoms with E-state index in [0.29, 0.717) is 40.8 Å². The number of rotatable bonds is 7. The van der Waals surface area contributed by atoms with Gasteiger partial charge in [0.2, 0.25) is 0 Å². The predicted octanol–water partition coefficient (Wildman–Crippen LogP) is 5.23. The fourth-order valence-electron chi connectivity index (χ4n) is 2.55. The van der Waals surface area contributed by atoms with E-state index in [2.05, 4.69) is 15.9 Å². The Kier molecular flexibility index (Phi) is 7.16. The third-order valence-corrected chi connectivity index (χ3v) is 5.01. The highest BCUT2D eigenvalue weighted by Gasteiger charge is 2.21. The summed E-state index contributed by atoms with van der Waals surface area (Å²) in [4.78, 5) is 23.9. The van der Waals surface area contributed by atoms with E-state index in [-0.39, 0.29) is 19.0 Å². The number of hydrogen-bond acceptors (Lipinski definition) is 4. The molecule has 0 aliphatic heterocycles. The van der Waals surface area contributed by atoms with Crippen LogP contribution in [0.1, 0.15) is 37.2 Å². The minimum atomic E-state index is -0.450. The number of fused-ring (bicyclic) bond motifs is 1. The Labute approximate surface area is 164 Å². The quantitative estimate of drug-likeness (QED) is 0.428. The largest absolute Gasteiger partial charge is 0.466 e. The zero-order valence-corrected chi connectivity index (χ0v) is 17.0. The maximum absolute atomic E-state index is 12.3. The summed E-state index contributed by atoms with van der Waals surface area (Å²) in [7, 11) is 0. The SMILES string of the molecule is CCOC(=O)CCCn1c(C(=O)OCC)cc2c(Br)cc(Cl)c(Cl)c21. The van der Waals surface area contributed by atoms with Gasteiger partial charge in [-0.15, -0.1) is 0 Å². The zero-order chi connectivity index (χ0) is 18.6. The van der Waals surface area contributed by atoms with E-state index in [4.69, 9.17) is 32.7 Å². The first-order valence-electron chi connectivity index (χ1n) is 7.90. The van der Waals surface area contributed by atoms with Crippen molar-refractivity contribution >= 4 is 62.0 Å². The molecule has 0 radical (unpaired) electrons. The molecule has 2 aromatic rings. The lowest BCUT2D eigenvalue weighted by molar-refractivity contribution is -0.143.